The molecule has 0 aliphatic rings. The Labute approximate surface area is 133 Å². The maximum absolute atomic E-state index is 6.04. The van der Waals surface area contributed by atoms with E-state index >= 15 is 0 Å². The van der Waals surface area contributed by atoms with Gasteiger partial charge in [-0.05, 0) is 36.2 Å². The van der Waals surface area contributed by atoms with Crippen LogP contribution in [0.1, 0.15) is 24.1 Å². The molecule has 1 aromatic carbocycles. The first kappa shape index (κ1) is 15.4. The summed E-state index contributed by atoms with van der Waals surface area (Å²) in [5.74, 6) is 0. The van der Waals surface area contributed by atoms with Gasteiger partial charge in [0.1, 0.15) is 5.15 Å². The second kappa shape index (κ2) is 6.64. The third-order valence-corrected chi connectivity index (χ3v) is 3.85. The molecule has 0 saturated heterocycles. The van der Waals surface area contributed by atoms with Gasteiger partial charge in [-0.1, -0.05) is 40.9 Å². The monoisotopic (exact) mass is 329 g/mol. The van der Waals surface area contributed by atoms with Crippen molar-refractivity contribution in [3.63, 3.8) is 0 Å². The van der Waals surface area contributed by atoms with Crippen molar-refractivity contribution in [1.29, 1.82) is 0 Å². The molecule has 106 valence electrons. The first-order chi connectivity index (χ1) is 9.47. The Balaban J connectivity index is 2.05. The molecule has 0 amide bonds. The second-order valence-electron chi connectivity index (χ2n) is 4.49. The lowest BCUT2D eigenvalue weighted by atomic mass is 10.1. The number of aromatic nitrogens is 1. The van der Waals surface area contributed by atoms with E-state index < -0.39 is 0 Å². The smallest absolute Gasteiger partial charge is 0.129 e. The zero-order valence-corrected chi connectivity index (χ0v) is 13.1. The Bertz CT molecular complexity index is 576. The van der Waals surface area contributed by atoms with Crippen LogP contribution in [0.5, 0.6) is 0 Å². The lowest BCUT2D eigenvalue weighted by Gasteiger charge is -2.16. The topological polar surface area (TPSA) is 50.9 Å². The molecule has 1 heterocycles. The molecule has 0 bridgehead atoms. The predicted molar refractivity (Wildman–Crippen MR) is 85.4 cm³/mol. The standard InChI is InChI=1S/C14H14Cl3N3/c1-8(10-4-11(15)14(18)12(16)5-10)19-6-9-2-3-13(17)20-7-9/h2-5,7-8,19H,6,18H2,1H3. The SMILES string of the molecule is CC(NCc1ccc(Cl)nc1)c1cc(Cl)c(N)c(Cl)c1. The van der Waals surface area contributed by atoms with Crippen LogP contribution in [0.4, 0.5) is 5.69 Å². The summed E-state index contributed by atoms with van der Waals surface area (Å²) >= 11 is 17.8. The van der Waals surface area contributed by atoms with E-state index in [-0.39, 0.29) is 6.04 Å². The number of nitrogens with two attached hydrogens (primary N) is 1. The van der Waals surface area contributed by atoms with E-state index in [4.69, 9.17) is 40.5 Å². The van der Waals surface area contributed by atoms with Gasteiger partial charge in [-0.15, -0.1) is 0 Å². The Morgan fingerprint density at radius 3 is 2.40 bits per heavy atom. The van der Waals surface area contributed by atoms with Crippen LogP contribution in [0, 0.1) is 0 Å². The maximum atomic E-state index is 6.04. The van der Waals surface area contributed by atoms with Gasteiger partial charge in [0.25, 0.3) is 0 Å². The molecule has 2 rings (SSSR count). The van der Waals surface area contributed by atoms with Gasteiger partial charge < -0.3 is 11.1 Å². The second-order valence-corrected chi connectivity index (χ2v) is 5.69. The number of nitrogens with one attached hydrogen (secondary N) is 1. The summed E-state index contributed by atoms with van der Waals surface area (Å²) < 4.78 is 0. The van der Waals surface area contributed by atoms with Crippen molar-refractivity contribution in [2.24, 2.45) is 0 Å². The Hall–Kier alpha value is -1.00. The first-order valence-electron chi connectivity index (χ1n) is 6.05. The highest BCUT2D eigenvalue weighted by Gasteiger charge is 2.10. The van der Waals surface area contributed by atoms with Gasteiger partial charge >= 0.3 is 0 Å². The van der Waals surface area contributed by atoms with Gasteiger partial charge in [0, 0.05) is 18.8 Å². The first-order valence-corrected chi connectivity index (χ1v) is 7.19. The van der Waals surface area contributed by atoms with Gasteiger partial charge in [-0.2, -0.15) is 0 Å². The fourth-order valence-electron chi connectivity index (χ4n) is 1.75. The Morgan fingerprint density at radius 1 is 1.20 bits per heavy atom. The maximum Gasteiger partial charge on any atom is 0.129 e. The summed E-state index contributed by atoms with van der Waals surface area (Å²) in [5, 5.41) is 4.79. The molecule has 0 spiro atoms. The van der Waals surface area contributed by atoms with E-state index in [1.165, 1.54) is 0 Å². The molecule has 0 aliphatic heterocycles. The molecular formula is C14H14Cl3N3. The molecule has 0 fully saturated rings. The summed E-state index contributed by atoms with van der Waals surface area (Å²) in [4.78, 5) is 4.04. The van der Waals surface area contributed by atoms with E-state index in [2.05, 4.69) is 10.3 Å². The molecule has 0 radical (unpaired) electrons. The van der Waals surface area contributed by atoms with Crippen molar-refractivity contribution in [2.75, 3.05) is 5.73 Å². The summed E-state index contributed by atoms with van der Waals surface area (Å²) in [6.45, 7) is 2.70. The Kier molecular flexibility index (Phi) is 5.11. The highest BCUT2D eigenvalue weighted by Crippen LogP contribution is 2.31. The van der Waals surface area contributed by atoms with Crippen LogP contribution in [0.2, 0.25) is 15.2 Å². The van der Waals surface area contributed by atoms with E-state index in [1.807, 2.05) is 25.1 Å². The normalized spacial score (nSPS) is 12.4. The largest absolute Gasteiger partial charge is 0.396 e. The molecule has 0 saturated carbocycles. The van der Waals surface area contributed by atoms with Crippen molar-refractivity contribution >= 4 is 40.5 Å². The van der Waals surface area contributed by atoms with E-state index in [0.717, 1.165) is 11.1 Å². The fraction of sp³-hybridized carbons (Fsp3) is 0.214. The van der Waals surface area contributed by atoms with Gasteiger partial charge in [0.2, 0.25) is 0 Å². The van der Waals surface area contributed by atoms with Crippen molar-refractivity contribution < 1.29 is 0 Å². The number of benzene rings is 1. The zero-order valence-electron chi connectivity index (χ0n) is 10.8. The van der Waals surface area contributed by atoms with Crippen LogP contribution < -0.4 is 11.1 Å². The number of nitrogen functional groups attached to an aromatic ring is 1. The number of pyridine rings is 1. The molecule has 20 heavy (non-hydrogen) atoms. The number of rotatable bonds is 4. The lowest BCUT2D eigenvalue weighted by Crippen LogP contribution is -2.18. The molecule has 6 heteroatoms. The van der Waals surface area contributed by atoms with Crippen LogP contribution in [-0.4, -0.2) is 4.98 Å². The Morgan fingerprint density at radius 2 is 1.85 bits per heavy atom. The number of hydrogen-bond donors (Lipinski definition) is 2. The van der Waals surface area contributed by atoms with Crippen LogP contribution in [0.25, 0.3) is 0 Å². The minimum Gasteiger partial charge on any atom is -0.396 e. The zero-order chi connectivity index (χ0) is 14.7. The third-order valence-electron chi connectivity index (χ3n) is 3.00. The molecule has 1 unspecified atom stereocenters. The number of halogens is 3. The molecule has 1 aromatic heterocycles. The molecule has 3 nitrogen and oxygen atoms in total. The predicted octanol–water partition coefficient (Wildman–Crippen LogP) is 4.47. The highest BCUT2D eigenvalue weighted by molar-refractivity contribution is 6.38. The van der Waals surface area contributed by atoms with Crippen molar-refractivity contribution in [2.45, 2.75) is 19.5 Å². The van der Waals surface area contributed by atoms with Crippen LogP contribution >= 0.6 is 34.8 Å². The lowest BCUT2D eigenvalue weighted by molar-refractivity contribution is 0.574. The van der Waals surface area contributed by atoms with Gasteiger partial charge in [-0.25, -0.2) is 4.98 Å². The van der Waals surface area contributed by atoms with Crippen molar-refractivity contribution in [3.8, 4) is 0 Å². The van der Waals surface area contributed by atoms with Gasteiger partial charge in [0.15, 0.2) is 0 Å². The number of hydrogen-bond acceptors (Lipinski definition) is 3. The molecule has 3 N–H and O–H groups in total. The minimum atomic E-state index is 0.0845. The summed E-state index contributed by atoms with van der Waals surface area (Å²) in [6.07, 6.45) is 1.74. The van der Waals surface area contributed by atoms with Crippen molar-refractivity contribution in [1.82, 2.24) is 10.3 Å². The molecule has 2 aromatic rings. The van der Waals surface area contributed by atoms with Crippen molar-refractivity contribution in [3.05, 3.63) is 56.8 Å². The van der Waals surface area contributed by atoms with Gasteiger partial charge in [0.05, 0.1) is 15.7 Å². The number of anilines is 1. The fourth-order valence-corrected chi connectivity index (χ4v) is 2.37. The number of nitrogens with zero attached hydrogens (tertiary/aromatic N) is 1. The molecular weight excluding hydrogens is 317 g/mol. The van der Waals surface area contributed by atoms with E-state index in [0.29, 0.717) is 27.4 Å². The van der Waals surface area contributed by atoms with Crippen LogP contribution in [0.15, 0.2) is 30.5 Å². The molecule has 0 aliphatic carbocycles. The summed E-state index contributed by atoms with van der Waals surface area (Å²) in [5.41, 5.74) is 8.17. The summed E-state index contributed by atoms with van der Waals surface area (Å²) in [6, 6.07) is 7.42. The third kappa shape index (κ3) is 3.76. The molecule has 1 atom stereocenters. The average Bonchev–Trinajstić information content (AvgIpc) is 2.43. The quantitative estimate of drug-likeness (QED) is 0.642. The highest BCUT2D eigenvalue weighted by atomic mass is 35.5. The summed E-state index contributed by atoms with van der Waals surface area (Å²) in [7, 11) is 0. The minimum absolute atomic E-state index is 0.0845. The van der Waals surface area contributed by atoms with Crippen LogP contribution in [0.3, 0.4) is 0 Å². The van der Waals surface area contributed by atoms with Gasteiger partial charge in [-0.3, -0.25) is 0 Å². The van der Waals surface area contributed by atoms with E-state index in [1.54, 1.807) is 12.3 Å². The average molecular weight is 331 g/mol. The van der Waals surface area contributed by atoms with E-state index in [9.17, 15) is 0 Å². The van der Waals surface area contributed by atoms with Crippen LogP contribution in [-0.2, 0) is 6.54 Å².